The molecule has 3 N–H and O–H groups in total. The van der Waals surface area contributed by atoms with Crippen molar-refractivity contribution in [1.82, 2.24) is 0 Å². The Labute approximate surface area is 131 Å². The Morgan fingerprint density at radius 1 is 1.23 bits per heavy atom. The molecule has 3 saturated carbocycles. The minimum atomic E-state index is -1.36. The molecule has 0 aromatic carbocycles. The van der Waals surface area contributed by atoms with E-state index in [1.807, 2.05) is 0 Å². The van der Waals surface area contributed by atoms with Crippen LogP contribution in [0.15, 0.2) is 12.2 Å². The molecule has 122 valence electrons. The molecule has 0 aromatic rings. The highest BCUT2D eigenvalue weighted by Gasteiger charge is 2.70. The van der Waals surface area contributed by atoms with Gasteiger partial charge in [0.15, 0.2) is 5.78 Å². The number of carbonyl (C=O) groups excluding carboxylic acids is 1. The average Bonchev–Trinajstić information content (AvgIpc) is 2.63. The van der Waals surface area contributed by atoms with Crippen molar-refractivity contribution in [2.24, 2.45) is 22.7 Å². The van der Waals surface area contributed by atoms with E-state index < -0.39 is 11.2 Å². The van der Waals surface area contributed by atoms with Gasteiger partial charge in [-0.3, -0.25) is 4.79 Å². The Bertz CT molecular complexity index is 555. The molecular weight excluding hydrogens is 280 g/mol. The van der Waals surface area contributed by atoms with Crippen molar-refractivity contribution >= 4 is 5.78 Å². The molecule has 6 atom stereocenters. The summed E-state index contributed by atoms with van der Waals surface area (Å²) in [7, 11) is 0. The van der Waals surface area contributed by atoms with E-state index in [9.17, 15) is 20.1 Å². The normalized spacial score (nSPS) is 56.6. The van der Waals surface area contributed by atoms with Gasteiger partial charge in [0.1, 0.15) is 5.60 Å². The van der Waals surface area contributed by atoms with Crippen LogP contribution in [0.1, 0.15) is 51.9 Å². The summed E-state index contributed by atoms with van der Waals surface area (Å²) in [6.07, 6.45) is 8.89. The zero-order valence-corrected chi connectivity index (χ0v) is 13.2. The molecule has 1 spiro atoms. The molecule has 2 bridgehead atoms. The first-order chi connectivity index (χ1) is 10.3. The van der Waals surface area contributed by atoms with Crippen molar-refractivity contribution in [3.63, 3.8) is 0 Å². The molecule has 0 aromatic heterocycles. The van der Waals surface area contributed by atoms with Crippen molar-refractivity contribution < 1.29 is 20.1 Å². The van der Waals surface area contributed by atoms with E-state index in [4.69, 9.17) is 0 Å². The maximum Gasteiger partial charge on any atom is 0.155 e. The molecule has 22 heavy (non-hydrogen) atoms. The smallest absolute Gasteiger partial charge is 0.155 e. The minimum absolute atomic E-state index is 0.0196. The van der Waals surface area contributed by atoms with E-state index in [2.05, 4.69) is 13.0 Å². The highest BCUT2D eigenvalue weighted by atomic mass is 16.4. The van der Waals surface area contributed by atoms with E-state index in [0.717, 1.165) is 19.3 Å². The van der Waals surface area contributed by atoms with Gasteiger partial charge in [0.2, 0.25) is 0 Å². The Morgan fingerprint density at radius 2 is 2.00 bits per heavy atom. The molecule has 4 heteroatoms. The maximum atomic E-state index is 11.8. The summed E-state index contributed by atoms with van der Waals surface area (Å²) in [5, 5.41) is 31.4. The third-order valence-corrected chi connectivity index (χ3v) is 7.70. The van der Waals surface area contributed by atoms with E-state index in [0.29, 0.717) is 37.5 Å². The average molecular weight is 306 g/mol. The number of hydrogen-bond donors (Lipinski definition) is 3. The van der Waals surface area contributed by atoms with Crippen LogP contribution in [0.3, 0.4) is 0 Å². The van der Waals surface area contributed by atoms with Gasteiger partial charge < -0.3 is 15.3 Å². The van der Waals surface area contributed by atoms with Crippen LogP contribution in [0.2, 0.25) is 0 Å². The summed E-state index contributed by atoms with van der Waals surface area (Å²) in [5.41, 5.74) is -2.62. The van der Waals surface area contributed by atoms with Crippen molar-refractivity contribution in [3.05, 3.63) is 12.2 Å². The summed E-state index contributed by atoms with van der Waals surface area (Å²) in [6, 6.07) is 0. The molecule has 0 amide bonds. The first-order valence-corrected chi connectivity index (χ1v) is 8.55. The van der Waals surface area contributed by atoms with Gasteiger partial charge in [0.05, 0.1) is 12.2 Å². The number of aliphatic hydroxyl groups is 3. The molecule has 4 aliphatic rings. The minimum Gasteiger partial charge on any atom is -0.393 e. The molecule has 4 nitrogen and oxygen atoms in total. The largest absolute Gasteiger partial charge is 0.393 e. The van der Waals surface area contributed by atoms with Crippen LogP contribution in [0.4, 0.5) is 0 Å². The van der Waals surface area contributed by atoms with E-state index in [1.165, 1.54) is 0 Å². The van der Waals surface area contributed by atoms with Gasteiger partial charge in [0.25, 0.3) is 0 Å². The molecule has 0 aliphatic heterocycles. The summed E-state index contributed by atoms with van der Waals surface area (Å²) >= 11 is 0. The van der Waals surface area contributed by atoms with Gasteiger partial charge in [-0.25, -0.2) is 0 Å². The topological polar surface area (TPSA) is 77.8 Å². The number of fused-ring (bicyclic) bond motifs is 3. The van der Waals surface area contributed by atoms with Crippen molar-refractivity contribution in [3.8, 4) is 0 Å². The van der Waals surface area contributed by atoms with Crippen LogP contribution >= 0.6 is 0 Å². The molecule has 3 fully saturated rings. The fourth-order valence-corrected chi connectivity index (χ4v) is 6.55. The second-order valence-electron chi connectivity index (χ2n) is 8.63. The van der Waals surface area contributed by atoms with Crippen LogP contribution in [0, 0.1) is 22.7 Å². The molecule has 0 heterocycles. The standard InChI is InChI=1S/C18H26O4/c1-15-5-3-13(20)8-12(15)2-6-16-9-17(21,7-4-14(15)16)18(22,10-16)11-19/h3,5,12,14,19,21-22H,2,4,6-11H2,1H3/t12-,14+,15-,16+,17-,18+/m1/s1. The SMILES string of the molecule is C[C@@]12C=CC(=O)C[C@H]1CC[C@]13C[C@](O)(CO)[C@@](O)(CC[C@H]12)C3. The molecule has 4 rings (SSSR count). The van der Waals surface area contributed by atoms with E-state index in [-0.39, 0.29) is 23.2 Å². The van der Waals surface area contributed by atoms with Crippen LogP contribution < -0.4 is 0 Å². The second kappa shape index (κ2) is 4.22. The van der Waals surface area contributed by atoms with Crippen molar-refractivity contribution in [2.75, 3.05) is 6.61 Å². The lowest BCUT2D eigenvalue weighted by Crippen LogP contribution is -2.55. The summed E-state index contributed by atoms with van der Waals surface area (Å²) in [4.78, 5) is 11.8. The number of hydrogen-bond acceptors (Lipinski definition) is 4. The van der Waals surface area contributed by atoms with E-state index >= 15 is 0 Å². The van der Waals surface area contributed by atoms with Crippen molar-refractivity contribution in [2.45, 2.75) is 63.1 Å². The number of aliphatic hydroxyl groups excluding tert-OH is 1. The fourth-order valence-electron chi connectivity index (χ4n) is 6.55. The number of carbonyl (C=O) groups is 1. The predicted octanol–water partition coefficient (Wildman–Crippen LogP) is 1.58. The molecule has 4 aliphatic carbocycles. The molecule has 0 unspecified atom stereocenters. The van der Waals surface area contributed by atoms with Gasteiger partial charge in [-0.15, -0.1) is 0 Å². The third-order valence-electron chi connectivity index (χ3n) is 7.70. The fraction of sp³-hybridized carbons (Fsp3) is 0.833. The lowest BCUT2D eigenvalue weighted by molar-refractivity contribution is -0.163. The van der Waals surface area contributed by atoms with Gasteiger partial charge >= 0.3 is 0 Å². The molecular formula is C18H26O4. The monoisotopic (exact) mass is 306 g/mol. The predicted molar refractivity (Wildman–Crippen MR) is 81.0 cm³/mol. The van der Waals surface area contributed by atoms with Crippen LogP contribution in [0.5, 0.6) is 0 Å². The number of ketones is 1. The zero-order chi connectivity index (χ0) is 15.8. The summed E-state index contributed by atoms with van der Waals surface area (Å²) in [6.45, 7) is 1.89. The highest BCUT2D eigenvalue weighted by molar-refractivity contribution is 5.91. The van der Waals surface area contributed by atoms with Gasteiger partial charge in [-0.1, -0.05) is 13.0 Å². The first kappa shape index (κ1) is 14.9. The second-order valence-corrected chi connectivity index (χ2v) is 8.63. The summed E-state index contributed by atoms with van der Waals surface area (Å²) in [5.74, 6) is 0.989. The Hall–Kier alpha value is -0.710. The van der Waals surface area contributed by atoms with Gasteiger partial charge in [-0.2, -0.15) is 0 Å². The van der Waals surface area contributed by atoms with Gasteiger partial charge in [0, 0.05) is 6.42 Å². The Kier molecular flexibility index (Phi) is 2.85. The third kappa shape index (κ3) is 1.61. The number of allylic oxidation sites excluding steroid dienone is 2. The van der Waals surface area contributed by atoms with Crippen molar-refractivity contribution in [1.29, 1.82) is 0 Å². The van der Waals surface area contributed by atoms with Crippen LogP contribution in [-0.4, -0.2) is 38.9 Å². The lowest BCUT2D eigenvalue weighted by Gasteiger charge is -2.58. The molecule has 0 radical (unpaired) electrons. The first-order valence-electron chi connectivity index (χ1n) is 8.55. The van der Waals surface area contributed by atoms with Crippen LogP contribution in [-0.2, 0) is 4.79 Å². The summed E-state index contributed by atoms with van der Waals surface area (Å²) < 4.78 is 0. The highest BCUT2D eigenvalue weighted by Crippen LogP contribution is 2.70. The van der Waals surface area contributed by atoms with Crippen LogP contribution in [0.25, 0.3) is 0 Å². The quantitative estimate of drug-likeness (QED) is 0.687. The Morgan fingerprint density at radius 3 is 2.73 bits per heavy atom. The number of rotatable bonds is 1. The maximum absolute atomic E-state index is 11.8. The van der Waals surface area contributed by atoms with Gasteiger partial charge in [-0.05, 0) is 67.3 Å². The Balaban J connectivity index is 1.77. The zero-order valence-electron chi connectivity index (χ0n) is 13.2. The molecule has 0 saturated heterocycles. The van der Waals surface area contributed by atoms with E-state index in [1.54, 1.807) is 6.08 Å². The lowest BCUT2D eigenvalue weighted by atomic mass is 9.46.